The predicted molar refractivity (Wildman–Crippen MR) is 93.7 cm³/mol. The van der Waals surface area contributed by atoms with Crippen LogP contribution in [0.1, 0.15) is 25.0 Å². The lowest BCUT2D eigenvalue weighted by atomic mass is 9.82. The van der Waals surface area contributed by atoms with Gasteiger partial charge in [0.25, 0.3) is 0 Å². The Hall–Kier alpha value is -2.54. The highest BCUT2D eigenvalue weighted by atomic mass is 14.9. The molecule has 3 aromatic carbocycles. The van der Waals surface area contributed by atoms with Gasteiger partial charge in [-0.1, -0.05) is 62.4 Å². The summed E-state index contributed by atoms with van der Waals surface area (Å²) < 4.78 is 0. The second kappa shape index (κ2) is 4.74. The zero-order chi connectivity index (χ0) is 15.2. The zero-order valence-electron chi connectivity index (χ0n) is 12.9. The van der Waals surface area contributed by atoms with Crippen molar-refractivity contribution in [3.05, 3.63) is 83.9 Å². The van der Waals surface area contributed by atoms with E-state index in [1.54, 1.807) is 0 Å². The van der Waals surface area contributed by atoms with Gasteiger partial charge in [0.2, 0.25) is 0 Å². The second-order valence-corrected chi connectivity index (χ2v) is 6.42. The predicted octanol–water partition coefficient (Wildman–Crippen LogP) is 5.74. The van der Waals surface area contributed by atoms with E-state index in [0.717, 1.165) is 11.4 Å². The second-order valence-electron chi connectivity index (χ2n) is 6.42. The fourth-order valence-electron chi connectivity index (χ4n) is 3.47. The van der Waals surface area contributed by atoms with Crippen molar-refractivity contribution < 1.29 is 0 Å². The Labute approximate surface area is 131 Å². The molecule has 22 heavy (non-hydrogen) atoms. The molecule has 0 atom stereocenters. The van der Waals surface area contributed by atoms with Crippen LogP contribution in [0.5, 0.6) is 0 Å². The summed E-state index contributed by atoms with van der Waals surface area (Å²) in [5.74, 6) is 0. The van der Waals surface area contributed by atoms with Crippen LogP contribution in [0.25, 0.3) is 11.1 Å². The Kier molecular flexibility index (Phi) is 2.83. The zero-order valence-corrected chi connectivity index (χ0v) is 12.9. The van der Waals surface area contributed by atoms with E-state index >= 15 is 0 Å². The lowest BCUT2D eigenvalue weighted by Crippen LogP contribution is -2.15. The van der Waals surface area contributed by atoms with Crippen LogP contribution in [-0.4, -0.2) is 0 Å². The van der Waals surface area contributed by atoms with E-state index in [9.17, 15) is 0 Å². The number of benzene rings is 3. The molecule has 0 saturated heterocycles. The van der Waals surface area contributed by atoms with Crippen molar-refractivity contribution in [2.75, 3.05) is 5.32 Å². The number of anilines is 2. The summed E-state index contributed by atoms with van der Waals surface area (Å²) in [7, 11) is 0. The molecule has 1 nitrogen and oxygen atoms in total. The van der Waals surface area contributed by atoms with Gasteiger partial charge in [0.1, 0.15) is 0 Å². The summed E-state index contributed by atoms with van der Waals surface area (Å²) in [5.41, 5.74) is 7.87. The van der Waals surface area contributed by atoms with Crippen molar-refractivity contribution >= 4 is 11.4 Å². The molecular weight excluding hydrogens is 266 g/mol. The van der Waals surface area contributed by atoms with Gasteiger partial charge < -0.3 is 5.32 Å². The standard InChI is InChI=1S/C21H19N/c1-21(2)19-11-7-6-10-17(19)18-13-12-16(14-20(18)21)22-15-8-4-3-5-9-15/h3-14,22H,1-2H3. The molecule has 0 fully saturated rings. The van der Waals surface area contributed by atoms with Crippen LogP contribution in [0.4, 0.5) is 11.4 Å². The maximum Gasteiger partial charge on any atom is 0.0387 e. The van der Waals surface area contributed by atoms with Crippen molar-refractivity contribution in [2.24, 2.45) is 0 Å². The lowest BCUT2D eigenvalue weighted by Gasteiger charge is -2.22. The van der Waals surface area contributed by atoms with Crippen LogP contribution in [-0.2, 0) is 5.41 Å². The van der Waals surface area contributed by atoms with Crippen LogP contribution < -0.4 is 5.32 Å². The molecule has 0 heterocycles. The molecule has 0 amide bonds. The number of nitrogens with one attached hydrogen (secondary N) is 1. The third-order valence-electron chi connectivity index (χ3n) is 4.65. The summed E-state index contributed by atoms with van der Waals surface area (Å²) in [6, 6.07) is 25.8. The minimum Gasteiger partial charge on any atom is -0.356 e. The summed E-state index contributed by atoms with van der Waals surface area (Å²) in [6.07, 6.45) is 0. The summed E-state index contributed by atoms with van der Waals surface area (Å²) in [4.78, 5) is 0. The van der Waals surface area contributed by atoms with E-state index in [0.29, 0.717) is 0 Å². The fourth-order valence-corrected chi connectivity index (χ4v) is 3.47. The Balaban J connectivity index is 1.79. The lowest BCUT2D eigenvalue weighted by molar-refractivity contribution is 0.660. The molecule has 0 spiro atoms. The topological polar surface area (TPSA) is 12.0 Å². The van der Waals surface area contributed by atoms with Gasteiger partial charge in [0.15, 0.2) is 0 Å². The molecule has 0 saturated carbocycles. The van der Waals surface area contributed by atoms with E-state index < -0.39 is 0 Å². The van der Waals surface area contributed by atoms with E-state index in [2.05, 4.69) is 85.9 Å². The van der Waals surface area contributed by atoms with Gasteiger partial charge in [-0.25, -0.2) is 0 Å². The van der Waals surface area contributed by atoms with Gasteiger partial charge in [0, 0.05) is 16.8 Å². The van der Waals surface area contributed by atoms with Gasteiger partial charge >= 0.3 is 0 Å². The monoisotopic (exact) mass is 285 g/mol. The first-order chi connectivity index (χ1) is 10.7. The van der Waals surface area contributed by atoms with Gasteiger partial charge in [-0.05, 0) is 46.5 Å². The van der Waals surface area contributed by atoms with Gasteiger partial charge in [0.05, 0.1) is 0 Å². The first kappa shape index (κ1) is 13.1. The first-order valence-electron chi connectivity index (χ1n) is 7.73. The Morgan fingerprint density at radius 2 is 1.32 bits per heavy atom. The molecule has 0 radical (unpaired) electrons. The maximum atomic E-state index is 3.50. The molecule has 108 valence electrons. The summed E-state index contributed by atoms with van der Waals surface area (Å²) >= 11 is 0. The minimum atomic E-state index is 0.0559. The van der Waals surface area contributed by atoms with Crippen molar-refractivity contribution in [1.82, 2.24) is 0 Å². The highest BCUT2D eigenvalue weighted by Gasteiger charge is 2.35. The van der Waals surface area contributed by atoms with Gasteiger partial charge in [-0.2, -0.15) is 0 Å². The fraction of sp³-hybridized carbons (Fsp3) is 0.143. The summed E-state index contributed by atoms with van der Waals surface area (Å²) in [5, 5.41) is 3.50. The number of rotatable bonds is 2. The van der Waals surface area contributed by atoms with Crippen LogP contribution in [0.3, 0.4) is 0 Å². The average Bonchev–Trinajstić information content (AvgIpc) is 2.77. The molecule has 0 aliphatic heterocycles. The summed E-state index contributed by atoms with van der Waals surface area (Å²) in [6.45, 7) is 4.62. The average molecular weight is 285 g/mol. The van der Waals surface area contributed by atoms with Crippen molar-refractivity contribution in [3.8, 4) is 11.1 Å². The van der Waals surface area contributed by atoms with Crippen LogP contribution in [0, 0.1) is 0 Å². The number of hydrogen-bond acceptors (Lipinski definition) is 1. The van der Waals surface area contributed by atoms with Crippen LogP contribution in [0.15, 0.2) is 72.8 Å². The van der Waals surface area contributed by atoms with E-state index in [1.165, 1.54) is 22.3 Å². The molecule has 3 aromatic rings. The highest BCUT2D eigenvalue weighted by molar-refractivity contribution is 5.82. The van der Waals surface area contributed by atoms with Gasteiger partial charge in [-0.3, -0.25) is 0 Å². The third kappa shape index (κ3) is 1.93. The third-order valence-corrected chi connectivity index (χ3v) is 4.65. The van der Waals surface area contributed by atoms with Crippen LogP contribution >= 0.6 is 0 Å². The smallest absolute Gasteiger partial charge is 0.0387 e. The number of hydrogen-bond donors (Lipinski definition) is 1. The molecule has 1 aliphatic rings. The largest absolute Gasteiger partial charge is 0.356 e. The molecule has 0 aromatic heterocycles. The minimum absolute atomic E-state index is 0.0559. The van der Waals surface area contributed by atoms with Crippen LogP contribution in [0.2, 0.25) is 0 Å². The molecule has 1 aliphatic carbocycles. The molecule has 4 rings (SSSR count). The Bertz CT molecular complexity index is 832. The molecular formula is C21H19N. The number of fused-ring (bicyclic) bond motifs is 3. The van der Waals surface area contributed by atoms with Gasteiger partial charge in [-0.15, -0.1) is 0 Å². The molecule has 0 unspecified atom stereocenters. The first-order valence-corrected chi connectivity index (χ1v) is 7.73. The van der Waals surface area contributed by atoms with Crippen molar-refractivity contribution in [3.63, 3.8) is 0 Å². The van der Waals surface area contributed by atoms with Crippen molar-refractivity contribution in [2.45, 2.75) is 19.3 Å². The molecule has 0 bridgehead atoms. The Morgan fingerprint density at radius 1 is 0.636 bits per heavy atom. The molecule has 1 heteroatoms. The normalized spacial score (nSPS) is 14.3. The van der Waals surface area contributed by atoms with E-state index in [4.69, 9.17) is 0 Å². The van der Waals surface area contributed by atoms with Crippen molar-refractivity contribution in [1.29, 1.82) is 0 Å². The van der Waals surface area contributed by atoms with E-state index in [-0.39, 0.29) is 5.41 Å². The number of para-hydroxylation sites is 1. The quantitative estimate of drug-likeness (QED) is 0.633. The SMILES string of the molecule is CC1(C)c2ccccc2-c2ccc(Nc3ccccc3)cc21. The Morgan fingerprint density at radius 3 is 2.14 bits per heavy atom. The maximum absolute atomic E-state index is 3.50. The molecule has 1 N–H and O–H groups in total. The highest BCUT2D eigenvalue weighted by Crippen LogP contribution is 2.49. The van der Waals surface area contributed by atoms with E-state index in [1.807, 2.05) is 6.07 Å².